The van der Waals surface area contributed by atoms with Gasteiger partial charge in [0.25, 0.3) is 0 Å². The number of ether oxygens (including phenoxy) is 1. The van der Waals surface area contributed by atoms with Crippen molar-refractivity contribution < 1.29 is 62.9 Å². The number of nitrogens with two attached hydrogens (primary N) is 2. The van der Waals surface area contributed by atoms with Crippen molar-refractivity contribution in [2.45, 2.75) is 127 Å². The number of benzene rings is 1. The number of primary amides is 1. The van der Waals surface area contributed by atoms with E-state index in [1.165, 1.54) is 11.8 Å². The second-order valence-electron chi connectivity index (χ2n) is 16.4. The molecule has 2 saturated heterocycles. The molecule has 1 aromatic carbocycles. The molecule has 378 valence electrons. The molecule has 0 radical (unpaired) electrons. The lowest BCUT2D eigenvalue weighted by Gasteiger charge is -2.30. The van der Waals surface area contributed by atoms with E-state index in [1.54, 1.807) is 38.1 Å². The first-order valence-electron chi connectivity index (χ1n) is 22.5. The van der Waals surface area contributed by atoms with Crippen LogP contribution in [0, 0.1) is 5.92 Å². The Hall–Kier alpha value is -5.66. The molecule has 2 aliphatic rings. The molecule has 0 bridgehead atoms. The number of hydrogen-bond donors (Lipinski definition) is 11. The van der Waals surface area contributed by atoms with Crippen molar-refractivity contribution >= 4 is 80.7 Å². The molecule has 0 unspecified atom stereocenters. The minimum absolute atomic E-state index is 0.00581. The van der Waals surface area contributed by atoms with Crippen LogP contribution in [0.4, 0.5) is 0 Å². The van der Waals surface area contributed by atoms with Crippen LogP contribution in [0.5, 0.6) is 5.75 Å². The first kappa shape index (κ1) is 56.7. The van der Waals surface area contributed by atoms with Gasteiger partial charge in [-0.05, 0) is 69.7 Å². The van der Waals surface area contributed by atoms with Gasteiger partial charge < -0.3 is 68.5 Å². The minimum atomic E-state index is -1.92. The van der Waals surface area contributed by atoms with Crippen LogP contribution < -0.4 is 53.4 Å². The molecule has 0 aromatic heterocycles. The molecule has 9 atom stereocenters. The number of aliphatic carboxylic acids is 1. The molecular formula is C43H66N10O13S2. The van der Waals surface area contributed by atoms with Gasteiger partial charge in [0.1, 0.15) is 48.0 Å². The number of carboxylic acid groups (broad SMARTS) is 1. The van der Waals surface area contributed by atoms with Crippen molar-refractivity contribution in [3.63, 3.8) is 0 Å². The van der Waals surface area contributed by atoms with E-state index in [-0.39, 0.29) is 50.3 Å². The molecule has 0 saturated carbocycles. The number of carboxylic acids is 1. The van der Waals surface area contributed by atoms with E-state index in [9.17, 15) is 58.2 Å². The van der Waals surface area contributed by atoms with Gasteiger partial charge >= 0.3 is 5.97 Å². The molecular weight excluding hydrogens is 929 g/mol. The summed E-state index contributed by atoms with van der Waals surface area (Å²) in [6.07, 6.45) is -1.25. The molecule has 0 aliphatic carbocycles. The number of nitrogens with one attached hydrogen (secondary N) is 7. The zero-order valence-electron chi connectivity index (χ0n) is 38.7. The normalized spacial score (nSPS) is 24.0. The molecule has 68 heavy (non-hydrogen) atoms. The summed E-state index contributed by atoms with van der Waals surface area (Å²) in [5.41, 5.74) is 11.4. The monoisotopic (exact) mass is 994 g/mol. The third-order valence-corrected chi connectivity index (χ3v) is 13.6. The average molecular weight is 995 g/mol. The van der Waals surface area contributed by atoms with Crippen molar-refractivity contribution in [2.24, 2.45) is 17.4 Å². The van der Waals surface area contributed by atoms with E-state index in [1.807, 2.05) is 6.92 Å². The van der Waals surface area contributed by atoms with Gasteiger partial charge in [-0.3, -0.25) is 43.2 Å². The van der Waals surface area contributed by atoms with Crippen LogP contribution in [0.25, 0.3) is 0 Å². The Morgan fingerprint density at radius 3 is 2.19 bits per heavy atom. The van der Waals surface area contributed by atoms with Gasteiger partial charge in [0.05, 0.1) is 25.7 Å². The highest BCUT2D eigenvalue weighted by Crippen LogP contribution is 2.26. The predicted octanol–water partition coefficient (Wildman–Crippen LogP) is -2.45. The van der Waals surface area contributed by atoms with Crippen molar-refractivity contribution in [3.05, 3.63) is 29.8 Å². The Bertz CT molecular complexity index is 1950. The number of aliphatic hydroxyl groups excluding tert-OH is 1. The Morgan fingerprint density at radius 2 is 1.57 bits per heavy atom. The summed E-state index contributed by atoms with van der Waals surface area (Å²) in [4.78, 5) is 134. The van der Waals surface area contributed by atoms with Crippen LogP contribution in [0.2, 0.25) is 0 Å². The second-order valence-corrected chi connectivity index (χ2v) is 19.1. The van der Waals surface area contributed by atoms with Gasteiger partial charge in [-0.2, -0.15) is 0 Å². The highest BCUT2D eigenvalue weighted by molar-refractivity contribution is 8.76. The molecule has 13 N–H and O–H groups in total. The second kappa shape index (κ2) is 28.6. The van der Waals surface area contributed by atoms with Gasteiger partial charge in [0, 0.05) is 30.9 Å². The number of carbonyl (C=O) groups excluding carboxylic acids is 9. The number of rotatable bonds is 17. The van der Waals surface area contributed by atoms with Gasteiger partial charge in [0.2, 0.25) is 53.2 Å². The van der Waals surface area contributed by atoms with E-state index in [0.717, 1.165) is 21.6 Å². The highest BCUT2D eigenvalue weighted by Gasteiger charge is 2.40. The topological polar surface area (TPSA) is 360 Å². The summed E-state index contributed by atoms with van der Waals surface area (Å²) in [5, 5.41) is 38.3. The lowest BCUT2D eigenvalue weighted by molar-refractivity contribution is -0.145. The van der Waals surface area contributed by atoms with Gasteiger partial charge in [-0.25, -0.2) is 4.79 Å². The third-order valence-electron chi connectivity index (χ3n) is 11.2. The van der Waals surface area contributed by atoms with Crippen LogP contribution >= 0.6 is 21.6 Å². The van der Waals surface area contributed by atoms with Crippen LogP contribution in [-0.2, 0) is 54.4 Å². The average Bonchev–Trinajstić information content (AvgIpc) is 3.79. The maximum absolute atomic E-state index is 14.3. The fourth-order valence-electron chi connectivity index (χ4n) is 7.25. The fraction of sp³-hybridized carbons (Fsp3) is 0.628. The third kappa shape index (κ3) is 18.1. The van der Waals surface area contributed by atoms with Gasteiger partial charge in [-0.1, -0.05) is 54.0 Å². The van der Waals surface area contributed by atoms with E-state index in [2.05, 4.69) is 37.2 Å². The zero-order valence-corrected chi connectivity index (χ0v) is 40.3. The SMILES string of the molecule is CCOc1ccc(C[C@H]2NC(=O)CCSSC[C@@H](C(=O)N3CCC[C@H]3C(=O)N[C@@H](CCCN)C(=O)NCC(N)=O)NC(=O)C[C@H](C(=O)O)NC(=O)[C@H]([C@@H](C)O)NC(=O)[C@H]([C@@H](C)CC)NC2=O)cc1. The van der Waals surface area contributed by atoms with Crippen LogP contribution in [0.3, 0.4) is 0 Å². The molecule has 25 heteroatoms. The van der Waals surface area contributed by atoms with Crippen LogP contribution in [0.15, 0.2) is 24.3 Å². The van der Waals surface area contributed by atoms with E-state index in [4.69, 9.17) is 16.2 Å². The van der Waals surface area contributed by atoms with Gasteiger partial charge in [-0.15, -0.1) is 0 Å². The summed E-state index contributed by atoms with van der Waals surface area (Å²) in [6.45, 7) is 6.65. The Kier molecular flexibility index (Phi) is 23.8. The quantitative estimate of drug-likeness (QED) is 0.0722. The van der Waals surface area contributed by atoms with Crippen molar-refractivity contribution in [1.82, 2.24) is 42.1 Å². The summed E-state index contributed by atoms with van der Waals surface area (Å²) in [6, 6.07) is -2.89. The van der Waals surface area contributed by atoms with E-state index < -0.39 is 126 Å². The van der Waals surface area contributed by atoms with E-state index in [0.29, 0.717) is 37.2 Å². The standard InChI is InChI=1S/C43H66N10O13S2/c1-5-23(3)35-40(61)52-36(24(4)54)41(62)50-29(43(64)65)20-34(57)48-30(42(63)53-17-8-10-31(53)39(60)49-27(9-7-16-44)37(58)46-21-32(45)55)22-68-67-18-15-33(56)47-28(38(59)51-35)19-25-11-13-26(14-12-25)66-6-2/h11-14,23-24,27-31,35-36,54H,5-10,15-22,44H2,1-4H3,(H2,45,55)(H,46,58)(H,47,56)(H,48,57)(H,49,60)(H,50,62)(H,51,59)(H,52,61)(H,64,65)/t23-,24+,27-,28+,29+,30-,31-,35-,36-/m0/s1. The largest absolute Gasteiger partial charge is 0.494 e. The first-order valence-corrected chi connectivity index (χ1v) is 25.0. The molecule has 3 rings (SSSR count). The van der Waals surface area contributed by atoms with Gasteiger partial charge in [0.15, 0.2) is 0 Å². The number of aliphatic hydroxyl groups is 1. The van der Waals surface area contributed by atoms with Crippen LogP contribution in [0.1, 0.15) is 78.2 Å². The molecule has 1 aromatic rings. The number of carbonyl (C=O) groups is 10. The van der Waals surface area contributed by atoms with Crippen molar-refractivity contribution in [3.8, 4) is 5.75 Å². The Balaban J connectivity index is 1.95. The molecule has 9 amide bonds. The lowest BCUT2D eigenvalue weighted by atomic mass is 9.96. The molecule has 23 nitrogen and oxygen atoms in total. The number of hydrogen-bond acceptors (Lipinski definition) is 15. The summed E-state index contributed by atoms with van der Waals surface area (Å²) >= 11 is 0. The summed E-state index contributed by atoms with van der Waals surface area (Å²) in [5.74, 6) is -8.79. The van der Waals surface area contributed by atoms with E-state index >= 15 is 0 Å². The van der Waals surface area contributed by atoms with Crippen molar-refractivity contribution in [2.75, 3.05) is 37.7 Å². The summed E-state index contributed by atoms with van der Waals surface area (Å²) < 4.78 is 5.53. The number of likely N-dealkylation sites (tertiary alicyclic amines) is 1. The number of nitrogens with zero attached hydrogens (tertiary/aromatic N) is 1. The first-order chi connectivity index (χ1) is 32.3. The zero-order chi connectivity index (χ0) is 50.5. The van der Waals surface area contributed by atoms with Crippen LogP contribution in [-0.4, -0.2) is 160 Å². The molecule has 2 fully saturated rings. The molecule has 2 heterocycles. The highest BCUT2D eigenvalue weighted by atomic mass is 33.1. The smallest absolute Gasteiger partial charge is 0.326 e. The molecule has 2 aliphatic heterocycles. The predicted molar refractivity (Wildman–Crippen MR) is 251 cm³/mol. The fourth-order valence-corrected chi connectivity index (χ4v) is 9.39. The van der Waals surface area contributed by atoms with Crippen molar-refractivity contribution in [1.29, 1.82) is 0 Å². The maximum Gasteiger partial charge on any atom is 0.326 e. The minimum Gasteiger partial charge on any atom is -0.494 e. The lowest BCUT2D eigenvalue weighted by Crippen LogP contribution is -2.61. The molecule has 0 spiro atoms. The summed E-state index contributed by atoms with van der Waals surface area (Å²) in [7, 11) is 2.25. The Morgan fingerprint density at radius 1 is 0.897 bits per heavy atom. The Labute approximate surface area is 402 Å². The maximum atomic E-state index is 14.3. The number of amides is 9.